The first-order valence-electron chi connectivity index (χ1n) is 13.7. The van der Waals surface area contributed by atoms with E-state index in [2.05, 4.69) is 20.8 Å². The van der Waals surface area contributed by atoms with Gasteiger partial charge in [0.05, 0.1) is 0 Å². The van der Waals surface area contributed by atoms with E-state index in [0.29, 0.717) is 0 Å². The van der Waals surface area contributed by atoms with Crippen LogP contribution in [0.25, 0.3) is 0 Å². The number of fused-ring (bicyclic) bond motifs is 1. The van der Waals surface area contributed by atoms with Crippen molar-refractivity contribution in [3.8, 4) is 0 Å². The number of hydrogen-bond donors (Lipinski definition) is 0. The Morgan fingerprint density at radius 3 is 1.86 bits per heavy atom. The molecule has 0 N–H and O–H groups in total. The van der Waals surface area contributed by atoms with E-state index in [1.165, 1.54) is 57.8 Å². The molecule has 5 atom stereocenters. The molecule has 4 aliphatic carbocycles. The lowest BCUT2D eigenvalue weighted by Gasteiger charge is -2.47. The third kappa shape index (κ3) is 6.77. The Morgan fingerprint density at radius 1 is 0.679 bits per heavy atom. The van der Waals surface area contributed by atoms with Crippen molar-refractivity contribution in [3.05, 3.63) is 0 Å². The molecule has 0 heterocycles. The van der Waals surface area contributed by atoms with Gasteiger partial charge in [-0.3, -0.25) is 0 Å². The van der Waals surface area contributed by atoms with Crippen LogP contribution in [-0.4, -0.2) is 0 Å². The standard InChI is InChI=1S/C19H34.C7H14.C2H6/c1-3-4-11-17-14(2)13-16-10-7-12-18(16)19(17)15-8-5-6-9-15;1-7-5-3-2-4-6-7;1-2/h14-19H,3-13H2,1-2H3;7H,2-6H2,1H3;1-2H3. The predicted molar refractivity (Wildman–Crippen MR) is 127 cm³/mol. The summed E-state index contributed by atoms with van der Waals surface area (Å²) in [4.78, 5) is 0. The molecule has 4 rings (SSSR count). The van der Waals surface area contributed by atoms with E-state index in [4.69, 9.17) is 0 Å². The topological polar surface area (TPSA) is 0 Å². The summed E-state index contributed by atoms with van der Waals surface area (Å²) in [6.45, 7) is 11.3. The zero-order chi connectivity index (χ0) is 20.4. The lowest BCUT2D eigenvalue weighted by atomic mass is 9.58. The van der Waals surface area contributed by atoms with Gasteiger partial charge in [0.25, 0.3) is 0 Å². The summed E-state index contributed by atoms with van der Waals surface area (Å²) < 4.78 is 0. The molecule has 4 saturated carbocycles. The van der Waals surface area contributed by atoms with Crippen molar-refractivity contribution < 1.29 is 0 Å². The van der Waals surface area contributed by atoms with Crippen molar-refractivity contribution in [2.24, 2.45) is 41.4 Å². The van der Waals surface area contributed by atoms with Crippen molar-refractivity contribution in [2.45, 2.75) is 137 Å². The van der Waals surface area contributed by atoms with Gasteiger partial charge in [-0.05, 0) is 60.7 Å². The average molecular weight is 391 g/mol. The van der Waals surface area contributed by atoms with Gasteiger partial charge in [-0.15, -0.1) is 0 Å². The Labute approximate surface area is 179 Å². The SMILES string of the molecule is CC.CC1CCCCC1.CCCCC1C(C)CC2CCCC2C1C1CCCC1. The molecule has 0 spiro atoms. The first-order chi connectivity index (χ1) is 13.7. The molecule has 0 heteroatoms. The fourth-order valence-corrected chi connectivity index (χ4v) is 7.48. The Balaban J connectivity index is 0.000000261. The van der Waals surface area contributed by atoms with Gasteiger partial charge in [0.2, 0.25) is 0 Å². The van der Waals surface area contributed by atoms with E-state index in [-0.39, 0.29) is 0 Å². The van der Waals surface area contributed by atoms with Gasteiger partial charge >= 0.3 is 0 Å². The molecule has 5 unspecified atom stereocenters. The third-order valence-corrected chi connectivity index (χ3v) is 8.84. The number of hydrogen-bond acceptors (Lipinski definition) is 0. The molecule has 0 aliphatic heterocycles. The average Bonchev–Trinajstić information content (AvgIpc) is 3.40. The van der Waals surface area contributed by atoms with Gasteiger partial charge in [-0.1, -0.05) is 118 Å². The van der Waals surface area contributed by atoms with Gasteiger partial charge in [-0.2, -0.15) is 0 Å². The largest absolute Gasteiger partial charge is 0.0683 e. The van der Waals surface area contributed by atoms with Gasteiger partial charge in [0.1, 0.15) is 0 Å². The third-order valence-electron chi connectivity index (χ3n) is 8.84. The lowest BCUT2D eigenvalue weighted by Crippen LogP contribution is -2.40. The van der Waals surface area contributed by atoms with Crippen molar-refractivity contribution in [3.63, 3.8) is 0 Å². The predicted octanol–water partition coefficient (Wildman–Crippen LogP) is 9.67. The smallest absolute Gasteiger partial charge is 0.0324 e. The second kappa shape index (κ2) is 13.3. The fraction of sp³-hybridized carbons (Fsp3) is 1.00. The Morgan fingerprint density at radius 2 is 1.29 bits per heavy atom. The molecule has 0 amide bonds. The maximum atomic E-state index is 2.59. The van der Waals surface area contributed by atoms with Crippen LogP contribution in [0.1, 0.15) is 137 Å². The van der Waals surface area contributed by atoms with Crippen LogP contribution < -0.4 is 0 Å². The second-order valence-corrected chi connectivity index (χ2v) is 10.7. The summed E-state index contributed by atoms with van der Waals surface area (Å²) in [6, 6.07) is 0. The quantitative estimate of drug-likeness (QED) is 0.448. The Bertz CT molecular complexity index is 373. The maximum absolute atomic E-state index is 2.59. The van der Waals surface area contributed by atoms with Gasteiger partial charge in [0.15, 0.2) is 0 Å². The van der Waals surface area contributed by atoms with Crippen LogP contribution in [0.3, 0.4) is 0 Å². The lowest BCUT2D eigenvalue weighted by molar-refractivity contribution is 0.0160. The summed E-state index contributed by atoms with van der Waals surface area (Å²) in [7, 11) is 0. The van der Waals surface area contributed by atoms with E-state index >= 15 is 0 Å². The summed E-state index contributed by atoms with van der Waals surface area (Å²) >= 11 is 0. The highest BCUT2D eigenvalue weighted by Gasteiger charge is 2.47. The molecule has 166 valence electrons. The van der Waals surface area contributed by atoms with Gasteiger partial charge in [0, 0.05) is 0 Å². The van der Waals surface area contributed by atoms with E-state index in [0.717, 1.165) is 41.4 Å². The highest BCUT2D eigenvalue weighted by atomic mass is 14.5. The highest BCUT2D eigenvalue weighted by molar-refractivity contribution is 4.97. The Kier molecular flexibility index (Phi) is 11.6. The van der Waals surface area contributed by atoms with Crippen molar-refractivity contribution in [2.75, 3.05) is 0 Å². The monoisotopic (exact) mass is 390 g/mol. The van der Waals surface area contributed by atoms with Crippen LogP contribution >= 0.6 is 0 Å². The molecular weight excluding hydrogens is 336 g/mol. The van der Waals surface area contributed by atoms with Crippen molar-refractivity contribution in [1.82, 2.24) is 0 Å². The molecule has 0 nitrogen and oxygen atoms in total. The van der Waals surface area contributed by atoms with E-state index in [9.17, 15) is 0 Å². The fourth-order valence-electron chi connectivity index (χ4n) is 7.48. The van der Waals surface area contributed by atoms with E-state index < -0.39 is 0 Å². The molecule has 4 aliphatic rings. The van der Waals surface area contributed by atoms with E-state index in [1.54, 1.807) is 44.9 Å². The van der Waals surface area contributed by atoms with Gasteiger partial charge < -0.3 is 0 Å². The number of unbranched alkanes of at least 4 members (excludes halogenated alkanes) is 1. The summed E-state index contributed by atoms with van der Waals surface area (Å²) in [6.07, 6.45) is 24.3. The summed E-state index contributed by atoms with van der Waals surface area (Å²) in [5.41, 5.74) is 0. The minimum atomic E-state index is 1.02. The van der Waals surface area contributed by atoms with Crippen molar-refractivity contribution >= 4 is 0 Å². The zero-order valence-electron chi connectivity index (χ0n) is 20.4. The number of rotatable bonds is 4. The summed E-state index contributed by atoms with van der Waals surface area (Å²) in [5.74, 6) is 7.66. The van der Waals surface area contributed by atoms with E-state index in [1.807, 2.05) is 13.8 Å². The molecule has 0 aromatic carbocycles. The Hall–Kier alpha value is 0. The first kappa shape index (κ1) is 24.3. The van der Waals surface area contributed by atoms with Crippen LogP contribution in [0.4, 0.5) is 0 Å². The maximum Gasteiger partial charge on any atom is -0.0324 e. The van der Waals surface area contributed by atoms with Crippen LogP contribution in [0.5, 0.6) is 0 Å². The van der Waals surface area contributed by atoms with Crippen LogP contribution in [-0.2, 0) is 0 Å². The summed E-state index contributed by atoms with van der Waals surface area (Å²) in [5, 5.41) is 0. The first-order valence-corrected chi connectivity index (χ1v) is 13.7. The van der Waals surface area contributed by atoms with Crippen LogP contribution in [0, 0.1) is 41.4 Å². The minimum Gasteiger partial charge on any atom is -0.0683 e. The molecule has 0 radical (unpaired) electrons. The molecule has 28 heavy (non-hydrogen) atoms. The highest BCUT2D eigenvalue weighted by Crippen LogP contribution is 2.56. The molecule has 0 aromatic heterocycles. The normalized spacial score (nSPS) is 36.1. The van der Waals surface area contributed by atoms with Crippen molar-refractivity contribution in [1.29, 1.82) is 0 Å². The molecule has 0 bridgehead atoms. The zero-order valence-corrected chi connectivity index (χ0v) is 20.4. The molecule has 4 fully saturated rings. The second-order valence-electron chi connectivity index (χ2n) is 10.7. The minimum absolute atomic E-state index is 1.02. The molecule has 0 aromatic rings. The van der Waals surface area contributed by atoms with Crippen LogP contribution in [0.15, 0.2) is 0 Å². The van der Waals surface area contributed by atoms with Crippen LogP contribution in [0.2, 0.25) is 0 Å². The van der Waals surface area contributed by atoms with Gasteiger partial charge in [-0.25, -0.2) is 0 Å². The molecule has 0 saturated heterocycles. The molecular formula is C28H54.